The number of benzene rings is 1. The topological polar surface area (TPSA) is 38.1 Å². The van der Waals surface area contributed by atoms with Crippen LogP contribution in [0.25, 0.3) is 6.08 Å². The molecule has 21 heavy (non-hydrogen) atoms. The van der Waals surface area contributed by atoms with Crippen molar-refractivity contribution in [3.63, 3.8) is 0 Å². The zero-order chi connectivity index (χ0) is 15.2. The van der Waals surface area contributed by atoms with Crippen LogP contribution in [0, 0.1) is 0 Å². The van der Waals surface area contributed by atoms with Gasteiger partial charge in [-0.15, -0.1) is 0 Å². The fraction of sp³-hybridized carbons (Fsp3) is 0.200. The van der Waals surface area contributed by atoms with Gasteiger partial charge in [0.1, 0.15) is 5.82 Å². The Morgan fingerprint density at radius 3 is 2.76 bits per heavy atom. The third-order valence-corrected chi connectivity index (χ3v) is 2.93. The van der Waals surface area contributed by atoms with Crippen LogP contribution in [0.2, 0.25) is 0 Å². The average Bonchev–Trinajstić information content (AvgIpc) is 2.94. The van der Waals surface area contributed by atoms with Crippen molar-refractivity contribution < 1.29 is 13.6 Å². The van der Waals surface area contributed by atoms with Crippen LogP contribution in [-0.2, 0) is 11.3 Å². The molecule has 1 heterocycles. The molecule has 0 aliphatic rings. The fourth-order valence-electron chi connectivity index (χ4n) is 1.79. The Morgan fingerprint density at radius 2 is 2.10 bits per heavy atom. The summed E-state index contributed by atoms with van der Waals surface area (Å²) in [5.74, 6) is -0.128. The highest BCUT2D eigenvalue weighted by Gasteiger charge is 2.14. The van der Waals surface area contributed by atoms with Gasteiger partial charge < -0.3 is 4.90 Å². The van der Waals surface area contributed by atoms with E-state index in [-0.39, 0.29) is 18.3 Å². The molecule has 1 aromatic heterocycles. The molecule has 1 amide bonds. The highest BCUT2D eigenvalue weighted by molar-refractivity contribution is 5.91. The van der Waals surface area contributed by atoms with Gasteiger partial charge in [0.25, 0.3) is 0 Å². The molecule has 0 saturated carbocycles. The summed E-state index contributed by atoms with van der Waals surface area (Å²) in [5.41, 5.74) is 0.897. The van der Waals surface area contributed by atoms with Crippen LogP contribution in [-0.4, -0.2) is 27.4 Å². The molecule has 0 fully saturated rings. The van der Waals surface area contributed by atoms with E-state index >= 15 is 0 Å². The molecule has 0 atom stereocenters. The van der Waals surface area contributed by atoms with Crippen LogP contribution in [0.3, 0.4) is 0 Å². The number of carbonyl (C=O) groups is 1. The van der Waals surface area contributed by atoms with Gasteiger partial charge in [-0.3, -0.25) is 9.36 Å². The summed E-state index contributed by atoms with van der Waals surface area (Å²) in [6, 6.07) is 9.36. The smallest absolute Gasteiger partial charge is 0.319 e. The maximum Gasteiger partial charge on any atom is 0.319 e. The molecule has 0 aliphatic carbocycles. The minimum absolute atomic E-state index is 0.0231. The number of alkyl halides is 2. The van der Waals surface area contributed by atoms with Gasteiger partial charge in [0, 0.05) is 25.5 Å². The van der Waals surface area contributed by atoms with Crippen molar-refractivity contribution in [3.05, 3.63) is 60.2 Å². The van der Waals surface area contributed by atoms with Crippen LogP contribution in [0.5, 0.6) is 0 Å². The Balaban J connectivity index is 2.00. The van der Waals surface area contributed by atoms with Gasteiger partial charge in [0.15, 0.2) is 0 Å². The number of aromatic nitrogens is 2. The molecule has 6 heteroatoms. The SMILES string of the molecule is CN(Cc1nccn1C(F)F)C(=O)/C=C/c1ccccc1. The quantitative estimate of drug-likeness (QED) is 0.794. The lowest BCUT2D eigenvalue weighted by Gasteiger charge is -2.15. The molecule has 2 rings (SSSR count). The largest absolute Gasteiger partial charge is 0.335 e. The minimum Gasteiger partial charge on any atom is -0.335 e. The first-order valence-electron chi connectivity index (χ1n) is 6.36. The van der Waals surface area contributed by atoms with Crippen molar-refractivity contribution >= 4 is 12.0 Å². The molecule has 110 valence electrons. The molecule has 0 aliphatic heterocycles. The number of likely N-dealkylation sites (N-methyl/N-ethyl adjacent to an activating group) is 1. The Kier molecular flexibility index (Phi) is 4.81. The van der Waals surface area contributed by atoms with E-state index in [1.807, 2.05) is 30.3 Å². The number of hydrogen-bond donors (Lipinski definition) is 0. The van der Waals surface area contributed by atoms with E-state index in [0.29, 0.717) is 0 Å². The number of imidazole rings is 1. The maximum absolute atomic E-state index is 12.7. The van der Waals surface area contributed by atoms with E-state index in [9.17, 15) is 13.6 Å². The molecule has 0 unspecified atom stereocenters. The average molecular weight is 291 g/mol. The second-order valence-electron chi connectivity index (χ2n) is 4.47. The Bertz CT molecular complexity index is 623. The fourth-order valence-corrected chi connectivity index (χ4v) is 1.79. The van der Waals surface area contributed by atoms with E-state index in [2.05, 4.69) is 4.98 Å². The third-order valence-electron chi connectivity index (χ3n) is 2.93. The van der Waals surface area contributed by atoms with Crippen molar-refractivity contribution in [1.29, 1.82) is 0 Å². The lowest BCUT2D eigenvalue weighted by molar-refractivity contribution is -0.125. The van der Waals surface area contributed by atoms with E-state index in [0.717, 1.165) is 10.1 Å². The molecular formula is C15H15F2N3O. The van der Waals surface area contributed by atoms with Crippen LogP contribution < -0.4 is 0 Å². The van der Waals surface area contributed by atoms with Crippen LogP contribution in [0.1, 0.15) is 17.9 Å². The molecule has 0 spiro atoms. The summed E-state index contributed by atoms with van der Waals surface area (Å²) in [6.45, 7) is -2.64. The second-order valence-corrected chi connectivity index (χ2v) is 4.47. The zero-order valence-corrected chi connectivity index (χ0v) is 11.5. The maximum atomic E-state index is 12.7. The van der Waals surface area contributed by atoms with Crippen molar-refractivity contribution in [2.45, 2.75) is 13.1 Å². The third kappa shape index (κ3) is 3.98. The number of rotatable bonds is 5. The molecule has 0 N–H and O–H groups in total. The first-order chi connectivity index (χ1) is 10.1. The van der Waals surface area contributed by atoms with Gasteiger partial charge in [-0.05, 0) is 11.6 Å². The van der Waals surface area contributed by atoms with Crippen molar-refractivity contribution in [2.75, 3.05) is 7.05 Å². The van der Waals surface area contributed by atoms with Crippen molar-refractivity contribution in [1.82, 2.24) is 14.5 Å². The predicted octanol–water partition coefficient (Wildman–Crippen LogP) is 2.95. The first kappa shape index (κ1) is 14.9. The summed E-state index contributed by atoms with van der Waals surface area (Å²) in [5, 5.41) is 0. The van der Waals surface area contributed by atoms with E-state index in [1.54, 1.807) is 13.1 Å². The second kappa shape index (κ2) is 6.78. The van der Waals surface area contributed by atoms with Gasteiger partial charge in [0.05, 0.1) is 6.54 Å². The van der Waals surface area contributed by atoms with E-state index < -0.39 is 6.55 Å². The van der Waals surface area contributed by atoms with Gasteiger partial charge >= 0.3 is 6.55 Å². The summed E-state index contributed by atoms with van der Waals surface area (Å²) in [4.78, 5) is 17.1. The molecule has 4 nitrogen and oxygen atoms in total. The molecule has 2 aromatic rings. The normalized spacial score (nSPS) is 11.2. The summed E-state index contributed by atoms with van der Waals surface area (Å²) >= 11 is 0. The number of amides is 1. The van der Waals surface area contributed by atoms with Gasteiger partial charge in [-0.2, -0.15) is 8.78 Å². The van der Waals surface area contributed by atoms with Crippen LogP contribution in [0.4, 0.5) is 8.78 Å². The molecule has 0 radical (unpaired) electrons. The lowest BCUT2D eigenvalue weighted by atomic mass is 10.2. The van der Waals surface area contributed by atoms with Crippen LogP contribution in [0.15, 0.2) is 48.8 Å². The Labute approximate surface area is 121 Å². The van der Waals surface area contributed by atoms with E-state index in [4.69, 9.17) is 0 Å². The molecule has 0 saturated heterocycles. The molecular weight excluding hydrogens is 276 g/mol. The lowest BCUT2D eigenvalue weighted by Crippen LogP contribution is -2.26. The van der Waals surface area contributed by atoms with Crippen molar-refractivity contribution in [2.24, 2.45) is 0 Å². The van der Waals surface area contributed by atoms with Gasteiger partial charge in [-0.1, -0.05) is 30.3 Å². The predicted molar refractivity (Wildman–Crippen MR) is 75.4 cm³/mol. The highest BCUT2D eigenvalue weighted by Crippen LogP contribution is 2.13. The van der Waals surface area contributed by atoms with Gasteiger partial charge in [0.2, 0.25) is 5.91 Å². The van der Waals surface area contributed by atoms with E-state index in [1.165, 1.54) is 23.4 Å². The van der Waals surface area contributed by atoms with Gasteiger partial charge in [-0.25, -0.2) is 4.98 Å². The first-order valence-corrected chi connectivity index (χ1v) is 6.36. The minimum atomic E-state index is -2.66. The monoisotopic (exact) mass is 291 g/mol. The summed E-state index contributed by atoms with van der Waals surface area (Å²) in [7, 11) is 1.54. The summed E-state index contributed by atoms with van der Waals surface area (Å²) < 4.78 is 26.1. The number of carbonyl (C=O) groups excluding carboxylic acids is 1. The van der Waals surface area contributed by atoms with Crippen molar-refractivity contribution in [3.8, 4) is 0 Å². The number of hydrogen-bond acceptors (Lipinski definition) is 2. The Morgan fingerprint density at radius 1 is 1.38 bits per heavy atom. The Hall–Kier alpha value is -2.50. The number of nitrogens with zero attached hydrogens (tertiary/aromatic N) is 3. The summed E-state index contributed by atoms with van der Waals surface area (Å²) in [6.07, 6.45) is 5.57. The molecule has 0 bridgehead atoms. The zero-order valence-electron chi connectivity index (χ0n) is 11.5. The number of halogens is 2. The molecule has 1 aromatic carbocycles. The highest BCUT2D eigenvalue weighted by atomic mass is 19.3. The standard InChI is InChI=1S/C15H15F2N3O/c1-19(11-13-18-9-10-20(13)15(16)17)14(21)8-7-12-5-3-2-4-6-12/h2-10,15H,11H2,1H3/b8-7+. The van der Waals surface area contributed by atoms with Crippen LogP contribution >= 0.6 is 0 Å².